The van der Waals surface area contributed by atoms with Crippen molar-refractivity contribution in [1.82, 2.24) is 9.97 Å². The van der Waals surface area contributed by atoms with Crippen molar-refractivity contribution in [3.05, 3.63) is 59.4 Å². The maximum Gasteiger partial charge on any atom is 0.338 e. The molecule has 1 aromatic heterocycles. The first-order chi connectivity index (χ1) is 15.4. The Morgan fingerprint density at radius 3 is 2.66 bits per heavy atom. The maximum absolute atomic E-state index is 12.8. The largest absolute Gasteiger partial charge is 0.456 e. The Bertz CT molecular complexity index is 1370. The van der Waals surface area contributed by atoms with Gasteiger partial charge in [-0.1, -0.05) is 18.6 Å². The van der Waals surface area contributed by atoms with Gasteiger partial charge in [-0.15, -0.1) is 4.40 Å². The van der Waals surface area contributed by atoms with Gasteiger partial charge in [0.2, 0.25) is 0 Å². The number of hydrogen-bond donors (Lipinski definition) is 0. The Balaban J connectivity index is 1.40. The quantitative estimate of drug-likeness (QED) is 0.560. The molecule has 1 saturated heterocycles. The summed E-state index contributed by atoms with van der Waals surface area (Å²) < 4.78 is 35.0. The SMILES string of the molecule is Cc1nc2ccccc2nc1COC(=O)c1ccc2c(c1)S(=O)(=O)N=C1CCCCCN12. The smallest absolute Gasteiger partial charge is 0.338 e. The highest BCUT2D eigenvalue weighted by Gasteiger charge is 2.32. The summed E-state index contributed by atoms with van der Waals surface area (Å²) in [6.45, 7) is 2.47. The zero-order valence-electron chi connectivity index (χ0n) is 17.6. The first kappa shape index (κ1) is 20.6. The normalized spacial score (nSPS) is 17.2. The van der Waals surface area contributed by atoms with Crippen LogP contribution in [0.4, 0.5) is 5.69 Å². The molecule has 0 unspecified atom stereocenters. The predicted molar refractivity (Wildman–Crippen MR) is 120 cm³/mol. The Morgan fingerprint density at radius 2 is 1.84 bits per heavy atom. The number of amidine groups is 1. The molecule has 32 heavy (non-hydrogen) atoms. The van der Waals surface area contributed by atoms with Crippen LogP contribution in [0.25, 0.3) is 11.0 Å². The van der Waals surface area contributed by atoms with E-state index in [2.05, 4.69) is 14.4 Å². The van der Waals surface area contributed by atoms with E-state index in [9.17, 15) is 13.2 Å². The predicted octanol–water partition coefficient (Wildman–Crippen LogP) is 3.78. The van der Waals surface area contributed by atoms with Gasteiger partial charge in [0.25, 0.3) is 10.0 Å². The van der Waals surface area contributed by atoms with Crippen LogP contribution in [0.1, 0.15) is 47.4 Å². The lowest BCUT2D eigenvalue weighted by atomic mass is 10.2. The number of sulfonamides is 1. The first-order valence-electron chi connectivity index (χ1n) is 10.6. The van der Waals surface area contributed by atoms with Gasteiger partial charge in [-0.3, -0.25) is 0 Å². The maximum atomic E-state index is 12.8. The number of ether oxygens (including phenoxy) is 1. The third-order valence-electron chi connectivity index (χ3n) is 5.77. The van der Waals surface area contributed by atoms with E-state index in [0.29, 0.717) is 35.9 Å². The second-order valence-electron chi connectivity index (χ2n) is 7.95. The van der Waals surface area contributed by atoms with Crippen molar-refractivity contribution >= 4 is 38.5 Å². The van der Waals surface area contributed by atoms with E-state index >= 15 is 0 Å². The number of hydrogen-bond acceptors (Lipinski definition) is 7. The number of rotatable bonds is 3. The highest BCUT2D eigenvalue weighted by atomic mass is 32.2. The molecule has 0 N–H and O–H groups in total. The Labute approximate surface area is 186 Å². The fraction of sp³-hybridized carbons (Fsp3) is 0.304. The van der Waals surface area contributed by atoms with Crippen LogP contribution in [0.2, 0.25) is 0 Å². The monoisotopic (exact) mass is 450 g/mol. The molecule has 0 aliphatic carbocycles. The van der Waals surface area contributed by atoms with Gasteiger partial charge < -0.3 is 9.64 Å². The molecule has 2 aliphatic heterocycles. The Kier molecular flexibility index (Phi) is 5.13. The van der Waals surface area contributed by atoms with Gasteiger partial charge in [0.1, 0.15) is 17.3 Å². The van der Waals surface area contributed by atoms with Crippen LogP contribution in [0.3, 0.4) is 0 Å². The number of aromatic nitrogens is 2. The molecular weight excluding hydrogens is 428 g/mol. The van der Waals surface area contributed by atoms with E-state index in [1.165, 1.54) is 6.07 Å². The van der Waals surface area contributed by atoms with Crippen molar-refractivity contribution in [2.24, 2.45) is 4.40 Å². The zero-order chi connectivity index (χ0) is 22.3. The van der Waals surface area contributed by atoms with E-state index in [4.69, 9.17) is 4.74 Å². The molecule has 2 aliphatic rings. The van der Waals surface area contributed by atoms with Crippen LogP contribution in [-0.4, -0.2) is 36.7 Å². The molecular formula is C23H22N4O4S. The first-order valence-corrected chi connectivity index (χ1v) is 12.0. The molecule has 3 aromatic rings. The Hall–Kier alpha value is -3.33. The minimum Gasteiger partial charge on any atom is -0.456 e. The number of esters is 1. The summed E-state index contributed by atoms with van der Waals surface area (Å²) in [5, 5.41) is 0. The highest BCUT2D eigenvalue weighted by Crippen LogP contribution is 2.35. The molecule has 1 fully saturated rings. The van der Waals surface area contributed by atoms with Crippen LogP contribution >= 0.6 is 0 Å². The Morgan fingerprint density at radius 1 is 1.06 bits per heavy atom. The molecule has 9 heteroatoms. The fourth-order valence-electron chi connectivity index (χ4n) is 4.09. The summed E-state index contributed by atoms with van der Waals surface area (Å²) in [5.41, 5.74) is 3.45. The van der Waals surface area contributed by atoms with Crippen LogP contribution in [-0.2, 0) is 21.4 Å². The standard InChI is InChI=1S/C23H22N4O4S/c1-15-19(25-18-8-5-4-7-17(18)24-15)14-31-23(28)16-10-11-20-21(13-16)32(29,30)26-22-9-3-2-6-12-27(20)22/h4-5,7-8,10-11,13H,2-3,6,9,12,14H2,1H3. The molecule has 0 radical (unpaired) electrons. The minimum atomic E-state index is -3.87. The van der Waals surface area contributed by atoms with Crippen LogP contribution in [0.5, 0.6) is 0 Å². The minimum absolute atomic E-state index is 0.0410. The van der Waals surface area contributed by atoms with Crippen molar-refractivity contribution in [3.8, 4) is 0 Å². The van der Waals surface area contributed by atoms with Crippen molar-refractivity contribution < 1.29 is 17.9 Å². The fourth-order valence-corrected chi connectivity index (χ4v) is 5.37. The number of fused-ring (bicyclic) bond motifs is 4. The highest BCUT2D eigenvalue weighted by molar-refractivity contribution is 7.90. The second kappa shape index (κ2) is 7.98. The second-order valence-corrected chi connectivity index (χ2v) is 9.52. The molecule has 164 valence electrons. The lowest BCUT2D eigenvalue weighted by Crippen LogP contribution is -2.35. The van der Waals surface area contributed by atoms with Gasteiger partial charge in [-0.2, -0.15) is 8.42 Å². The molecule has 2 aromatic carbocycles. The van der Waals surface area contributed by atoms with Crippen molar-refractivity contribution in [2.45, 2.75) is 44.1 Å². The molecule has 5 rings (SSSR count). The third kappa shape index (κ3) is 3.73. The number of para-hydroxylation sites is 2. The van der Waals surface area contributed by atoms with E-state index in [1.54, 1.807) is 12.1 Å². The number of carbonyl (C=O) groups excluding carboxylic acids is 1. The molecule has 0 saturated carbocycles. The zero-order valence-corrected chi connectivity index (χ0v) is 18.4. The molecule has 0 bridgehead atoms. The molecule has 0 amide bonds. The molecule has 3 heterocycles. The van der Waals surface area contributed by atoms with Gasteiger partial charge in [-0.25, -0.2) is 14.8 Å². The number of aryl methyl sites for hydroxylation is 1. The van der Waals surface area contributed by atoms with Gasteiger partial charge in [0.05, 0.1) is 33.7 Å². The number of anilines is 1. The third-order valence-corrected chi connectivity index (χ3v) is 7.10. The summed E-state index contributed by atoms with van der Waals surface area (Å²) in [7, 11) is -3.87. The topological polar surface area (TPSA) is 102 Å². The summed E-state index contributed by atoms with van der Waals surface area (Å²) in [6.07, 6.45) is 3.55. The molecule has 0 atom stereocenters. The van der Waals surface area contributed by atoms with Crippen LogP contribution < -0.4 is 4.90 Å². The lowest BCUT2D eigenvalue weighted by molar-refractivity contribution is 0.0466. The summed E-state index contributed by atoms with van der Waals surface area (Å²) in [6, 6.07) is 12.1. The van der Waals surface area contributed by atoms with E-state index in [0.717, 1.165) is 30.3 Å². The van der Waals surface area contributed by atoms with Gasteiger partial charge in [0.15, 0.2) is 0 Å². The number of nitrogens with zero attached hydrogens (tertiary/aromatic N) is 4. The van der Waals surface area contributed by atoms with Crippen LogP contribution in [0.15, 0.2) is 51.8 Å². The number of carbonyl (C=O) groups is 1. The van der Waals surface area contributed by atoms with Crippen LogP contribution in [0, 0.1) is 6.92 Å². The van der Waals surface area contributed by atoms with Crippen molar-refractivity contribution in [2.75, 3.05) is 11.4 Å². The average molecular weight is 451 g/mol. The summed E-state index contributed by atoms with van der Waals surface area (Å²) >= 11 is 0. The van der Waals surface area contributed by atoms with Crippen molar-refractivity contribution in [3.63, 3.8) is 0 Å². The molecule has 0 spiro atoms. The van der Waals surface area contributed by atoms with Crippen molar-refractivity contribution in [1.29, 1.82) is 0 Å². The number of benzene rings is 2. The van der Waals surface area contributed by atoms with E-state index in [-0.39, 0.29) is 17.1 Å². The average Bonchev–Trinajstić information content (AvgIpc) is 3.02. The van der Waals surface area contributed by atoms with Gasteiger partial charge in [0, 0.05) is 13.0 Å². The van der Waals surface area contributed by atoms with E-state index in [1.807, 2.05) is 36.1 Å². The lowest BCUT2D eigenvalue weighted by Gasteiger charge is -2.29. The summed E-state index contributed by atoms with van der Waals surface area (Å²) in [4.78, 5) is 23.7. The van der Waals surface area contributed by atoms with Gasteiger partial charge >= 0.3 is 5.97 Å². The summed E-state index contributed by atoms with van der Waals surface area (Å²) in [5.74, 6) is -0.0429. The van der Waals surface area contributed by atoms with Gasteiger partial charge in [-0.05, 0) is 50.1 Å². The molecule has 8 nitrogen and oxygen atoms in total. The van der Waals surface area contributed by atoms with E-state index < -0.39 is 16.0 Å².